The number of hydrogen-bond donors (Lipinski definition) is 2. The van der Waals surface area contributed by atoms with Crippen molar-refractivity contribution in [2.75, 3.05) is 0 Å². The predicted molar refractivity (Wildman–Crippen MR) is 67.2 cm³/mol. The first-order valence-electron chi connectivity index (χ1n) is 5.14. The van der Waals surface area contributed by atoms with E-state index in [9.17, 15) is 0 Å². The molecule has 2 heterocycles. The lowest BCUT2D eigenvalue weighted by atomic mass is 10.0. The molecule has 84 valence electrons. The minimum Gasteiger partial charge on any atom is -0.271 e. The fourth-order valence-electron chi connectivity index (χ4n) is 1.86. The summed E-state index contributed by atoms with van der Waals surface area (Å²) >= 11 is 1.68. The van der Waals surface area contributed by atoms with Gasteiger partial charge in [0.25, 0.3) is 0 Å². The van der Waals surface area contributed by atoms with Gasteiger partial charge in [0.15, 0.2) is 0 Å². The van der Waals surface area contributed by atoms with Gasteiger partial charge in [-0.3, -0.25) is 10.8 Å². The van der Waals surface area contributed by atoms with Gasteiger partial charge in [-0.2, -0.15) is 11.3 Å². The molecule has 0 saturated carbocycles. The SMILES string of the molecule is Cc1cc(C(NN)c2ccsc2)cc(C)n1. The molecule has 0 spiro atoms. The maximum absolute atomic E-state index is 5.63. The second kappa shape index (κ2) is 4.74. The molecule has 2 aromatic rings. The van der Waals surface area contributed by atoms with E-state index in [0.29, 0.717) is 0 Å². The van der Waals surface area contributed by atoms with Gasteiger partial charge in [0.1, 0.15) is 0 Å². The standard InChI is InChI=1S/C12H15N3S/c1-8-5-11(6-9(2)14-8)12(15-13)10-3-4-16-7-10/h3-7,12,15H,13H2,1-2H3. The molecule has 0 amide bonds. The molecule has 1 unspecified atom stereocenters. The van der Waals surface area contributed by atoms with Crippen LogP contribution >= 0.6 is 11.3 Å². The van der Waals surface area contributed by atoms with Crippen molar-refractivity contribution >= 4 is 11.3 Å². The third-order valence-corrected chi connectivity index (χ3v) is 3.18. The topological polar surface area (TPSA) is 50.9 Å². The van der Waals surface area contributed by atoms with Crippen LogP contribution in [0.25, 0.3) is 0 Å². The summed E-state index contributed by atoms with van der Waals surface area (Å²) in [6.45, 7) is 4.00. The molecule has 4 heteroatoms. The van der Waals surface area contributed by atoms with E-state index in [2.05, 4.69) is 39.4 Å². The molecule has 0 aromatic carbocycles. The largest absolute Gasteiger partial charge is 0.271 e. The van der Waals surface area contributed by atoms with Gasteiger partial charge in [-0.25, -0.2) is 5.43 Å². The average molecular weight is 233 g/mol. The first-order valence-corrected chi connectivity index (χ1v) is 6.08. The molecule has 0 saturated heterocycles. The number of aromatic nitrogens is 1. The van der Waals surface area contributed by atoms with Gasteiger partial charge in [0.05, 0.1) is 6.04 Å². The van der Waals surface area contributed by atoms with Crippen molar-refractivity contribution in [2.24, 2.45) is 5.84 Å². The second-order valence-corrected chi connectivity index (χ2v) is 4.62. The first kappa shape index (κ1) is 11.3. The lowest BCUT2D eigenvalue weighted by Gasteiger charge is -2.16. The molecule has 0 bridgehead atoms. The normalized spacial score (nSPS) is 12.7. The highest BCUT2D eigenvalue weighted by Crippen LogP contribution is 2.24. The molecule has 0 aliphatic rings. The number of thiophene rings is 1. The van der Waals surface area contributed by atoms with Gasteiger partial charge in [0.2, 0.25) is 0 Å². The van der Waals surface area contributed by atoms with Crippen LogP contribution < -0.4 is 11.3 Å². The third kappa shape index (κ3) is 2.29. The van der Waals surface area contributed by atoms with Crippen molar-refractivity contribution in [1.29, 1.82) is 0 Å². The Kier molecular flexibility index (Phi) is 3.33. The molecule has 1 atom stereocenters. The van der Waals surface area contributed by atoms with Crippen LogP contribution in [0.2, 0.25) is 0 Å². The summed E-state index contributed by atoms with van der Waals surface area (Å²) in [6.07, 6.45) is 0. The number of nitrogens with zero attached hydrogens (tertiary/aromatic N) is 1. The van der Waals surface area contributed by atoms with Crippen LogP contribution in [0.3, 0.4) is 0 Å². The van der Waals surface area contributed by atoms with Crippen LogP contribution in [0.15, 0.2) is 29.0 Å². The number of pyridine rings is 1. The third-order valence-electron chi connectivity index (χ3n) is 2.48. The van der Waals surface area contributed by atoms with E-state index < -0.39 is 0 Å². The number of hydrogen-bond acceptors (Lipinski definition) is 4. The predicted octanol–water partition coefficient (Wildman–Crippen LogP) is 2.31. The molecule has 0 aliphatic carbocycles. The highest BCUT2D eigenvalue weighted by molar-refractivity contribution is 7.08. The Morgan fingerprint density at radius 3 is 2.44 bits per heavy atom. The van der Waals surface area contributed by atoms with E-state index in [4.69, 9.17) is 5.84 Å². The zero-order chi connectivity index (χ0) is 11.5. The number of nitrogens with two attached hydrogens (primary N) is 1. The number of hydrazine groups is 1. The van der Waals surface area contributed by atoms with Crippen molar-refractivity contribution in [2.45, 2.75) is 19.9 Å². The van der Waals surface area contributed by atoms with E-state index in [1.807, 2.05) is 13.8 Å². The minimum atomic E-state index is 0.0478. The van der Waals surface area contributed by atoms with Gasteiger partial charge in [-0.1, -0.05) is 0 Å². The van der Waals surface area contributed by atoms with Gasteiger partial charge < -0.3 is 0 Å². The lowest BCUT2D eigenvalue weighted by Crippen LogP contribution is -2.28. The zero-order valence-electron chi connectivity index (χ0n) is 9.40. The number of nitrogens with one attached hydrogen (secondary N) is 1. The Labute approximate surface area is 99.3 Å². The Hall–Kier alpha value is -1.23. The summed E-state index contributed by atoms with van der Waals surface area (Å²) in [5.74, 6) is 5.63. The fourth-order valence-corrected chi connectivity index (χ4v) is 2.54. The van der Waals surface area contributed by atoms with Crippen LogP contribution in [0.4, 0.5) is 0 Å². The van der Waals surface area contributed by atoms with Gasteiger partial charge >= 0.3 is 0 Å². The van der Waals surface area contributed by atoms with E-state index in [0.717, 1.165) is 17.0 Å². The van der Waals surface area contributed by atoms with Crippen molar-refractivity contribution in [1.82, 2.24) is 10.4 Å². The average Bonchev–Trinajstić information content (AvgIpc) is 2.70. The molecule has 2 aromatic heterocycles. The van der Waals surface area contributed by atoms with Crippen molar-refractivity contribution in [3.05, 3.63) is 51.5 Å². The summed E-state index contributed by atoms with van der Waals surface area (Å²) in [5, 5.41) is 4.16. The van der Waals surface area contributed by atoms with E-state index in [1.54, 1.807) is 11.3 Å². The molecule has 3 N–H and O–H groups in total. The molecule has 0 radical (unpaired) electrons. The quantitative estimate of drug-likeness (QED) is 0.632. The maximum atomic E-state index is 5.63. The fraction of sp³-hybridized carbons (Fsp3) is 0.250. The number of rotatable bonds is 3. The Morgan fingerprint density at radius 2 is 1.94 bits per heavy atom. The Bertz CT molecular complexity index is 445. The lowest BCUT2D eigenvalue weighted by molar-refractivity contribution is 0.636. The maximum Gasteiger partial charge on any atom is 0.0719 e. The number of aryl methyl sites for hydroxylation is 2. The van der Waals surface area contributed by atoms with E-state index in [1.165, 1.54) is 5.56 Å². The summed E-state index contributed by atoms with van der Waals surface area (Å²) in [4.78, 5) is 4.37. The highest BCUT2D eigenvalue weighted by atomic mass is 32.1. The molecule has 3 nitrogen and oxygen atoms in total. The van der Waals surface area contributed by atoms with Crippen molar-refractivity contribution in [3.8, 4) is 0 Å². The monoisotopic (exact) mass is 233 g/mol. The summed E-state index contributed by atoms with van der Waals surface area (Å²) in [7, 11) is 0. The minimum absolute atomic E-state index is 0.0478. The van der Waals surface area contributed by atoms with Crippen LogP contribution in [-0.2, 0) is 0 Å². The molecular formula is C12H15N3S. The van der Waals surface area contributed by atoms with Gasteiger partial charge in [-0.15, -0.1) is 0 Å². The summed E-state index contributed by atoms with van der Waals surface area (Å²) in [5.41, 5.74) is 7.24. The van der Waals surface area contributed by atoms with Gasteiger partial charge in [0, 0.05) is 11.4 Å². The summed E-state index contributed by atoms with van der Waals surface area (Å²) < 4.78 is 0. The van der Waals surface area contributed by atoms with Crippen LogP contribution in [0.5, 0.6) is 0 Å². The van der Waals surface area contributed by atoms with Crippen LogP contribution in [0.1, 0.15) is 28.6 Å². The van der Waals surface area contributed by atoms with E-state index in [-0.39, 0.29) is 6.04 Å². The van der Waals surface area contributed by atoms with E-state index >= 15 is 0 Å². The first-order chi connectivity index (χ1) is 7.70. The Balaban J connectivity index is 2.41. The van der Waals surface area contributed by atoms with Crippen LogP contribution in [0, 0.1) is 13.8 Å². The van der Waals surface area contributed by atoms with Crippen molar-refractivity contribution < 1.29 is 0 Å². The van der Waals surface area contributed by atoms with Crippen LogP contribution in [-0.4, -0.2) is 4.98 Å². The summed E-state index contributed by atoms with van der Waals surface area (Å²) in [6, 6.07) is 6.26. The smallest absolute Gasteiger partial charge is 0.0719 e. The molecule has 16 heavy (non-hydrogen) atoms. The molecule has 2 rings (SSSR count). The zero-order valence-corrected chi connectivity index (χ0v) is 10.2. The van der Waals surface area contributed by atoms with Crippen molar-refractivity contribution in [3.63, 3.8) is 0 Å². The highest BCUT2D eigenvalue weighted by Gasteiger charge is 2.13. The molecular weight excluding hydrogens is 218 g/mol. The molecule has 0 fully saturated rings. The van der Waals surface area contributed by atoms with Gasteiger partial charge in [-0.05, 0) is 53.9 Å². The molecule has 0 aliphatic heterocycles. The Morgan fingerprint density at radius 1 is 1.25 bits per heavy atom. The second-order valence-electron chi connectivity index (χ2n) is 3.84.